The first-order valence-corrected chi connectivity index (χ1v) is 9.55. The highest BCUT2D eigenvalue weighted by atomic mass is 16.3. The molecule has 0 amide bonds. The van der Waals surface area contributed by atoms with Crippen LogP contribution in [0.2, 0.25) is 0 Å². The Hall–Kier alpha value is -3.86. The monoisotopic (exact) mass is 380 g/mol. The van der Waals surface area contributed by atoms with Crippen LogP contribution in [-0.4, -0.2) is 25.8 Å². The van der Waals surface area contributed by atoms with Crippen molar-refractivity contribution in [2.75, 3.05) is 0 Å². The van der Waals surface area contributed by atoms with Gasteiger partial charge in [-0.1, -0.05) is 72.8 Å². The fraction of sp³-hybridized carbons (Fsp3) is 0.0833. The zero-order chi connectivity index (χ0) is 19.8. The summed E-state index contributed by atoms with van der Waals surface area (Å²) in [5.74, 6) is 0.931. The Labute approximate surface area is 168 Å². The number of rotatable bonds is 4. The summed E-state index contributed by atoms with van der Waals surface area (Å²) >= 11 is 0. The summed E-state index contributed by atoms with van der Waals surface area (Å²) in [6, 6.07) is 27.1. The van der Waals surface area contributed by atoms with E-state index in [2.05, 4.69) is 9.97 Å². The zero-order valence-corrected chi connectivity index (χ0v) is 15.7. The van der Waals surface area contributed by atoms with E-state index < -0.39 is 6.04 Å². The number of amidine groups is 1. The standard InChI is InChI=1S/C24H20N4O/c25-23-20(24-26-18-13-7-8-14-19(18)27-24)22(29)21(17-11-5-2-6-12-17)28(23)15-16-9-3-1-4-10-16/h1-14,21,25,29H,15H2,(H,26,27)/t21-/m0/s1. The van der Waals surface area contributed by atoms with Gasteiger partial charge in [0.2, 0.25) is 0 Å². The van der Waals surface area contributed by atoms with Crippen molar-refractivity contribution < 1.29 is 5.11 Å². The van der Waals surface area contributed by atoms with Crippen molar-refractivity contribution >= 4 is 22.4 Å². The Balaban J connectivity index is 1.62. The predicted octanol–water partition coefficient (Wildman–Crippen LogP) is 5.07. The van der Waals surface area contributed by atoms with Crippen molar-refractivity contribution in [3.63, 3.8) is 0 Å². The third kappa shape index (κ3) is 2.97. The maximum absolute atomic E-state index is 11.2. The molecule has 1 aliphatic rings. The summed E-state index contributed by atoms with van der Waals surface area (Å²) in [4.78, 5) is 9.80. The van der Waals surface area contributed by atoms with Crippen molar-refractivity contribution in [3.05, 3.63) is 108 Å². The first kappa shape index (κ1) is 17.3. The predicted molar refractivity (Wildman–Crippen MR) is 115 cm³/mol. The van der Waals surface area contributed by atoms with Gasteiger partial charge in [-0.3, -0.25) is 5.41 Å². The molecule has 5 nitrogen and oxygen atoms in total. The number of nitrogens with zero attached hydrogens (tertiary/aromatic N) is 2. The number of nitrogens with one attached hydrogen (secondary N) is 2. The van der Waals surface area contributed by atoms with Gasteiger partial charge in [-0.25, -0.2) is 4.98 Å². The van der Waals surface area contributed by atoms with E-state index in [0.29, 0.717) is 17.9 Å². The molecule has 1 atom stereocenters. The highest BCUT2D eigenvalue weighted by Crippen LogP contribution is 2.41. The second-order valence-corrected chi connectivity index (χ2v) is 7.14. The lowest BCUT2D eigenvalue weighted by Gasteiger charge is -2.27. The van der Waals surface area contributed by atoms with Gasteiger partial charge in [0, 0.05) is 6.54 Å². The number of aliphatic hydroxyl groups is 1. The Kier molecular flexibility index (Phi) is 4.13. The van der Waals surface area contributed by atoms with Gasteiger partial charge in [-0.05, 0) is 23.3 Å². The second kappa shape index (κ2) is 6.95. The normalized spacial score (nSPS) is 16.8. The van der Waals surface area contributed by atoms with Crippen molar-refractivity contribution in [2.24, 2.45) is 0 Å². The Morgan fingerprint density at radius 3 is 2.28 bits per heavy atom. The summed E-state index contributed by atoms with van der Waals surface area (Å²) in [5, 5.41) is 20.1. The van der Waals surface area contributed by atoms with Crippen LogP contribution in [0.25, 0.3) is 16.6 Å². The molecule has 2 heterocycles. The third-order valence-electron chi connectivity index (χ3n) is 5.29. The van der Waals surface area contributed by atoms with Gasteiger partial charge >= 0.3 is 0 Å². The van der Waals surface area contributed by atoms with Gasteiger partial charge in [0.25, 0.3) is 0 Å². The molecule has 5 heteroatoms. The van der Waals surface area contributed by atoms with E-state index in [1.165, 1.54) is 0 Å². The molecule has 0 fully saturated rings. The van der Waals surface area contributed by atoms with Crippen LogP contribution in [0.15, 0.2) is 90.7 Å². The highest BCUT2D eigenvalue weighted by Gasteiger charge is 2.39. The molecular formula is C24H20N4O. The van der Waals surface area contributed by atoms with Crippen LogP contribution in [0.5, 0.6) is 0 Å². The average Bonchev–Trinajstić information content (AvgIpc) is 3.28. The Morgan fingerprint density at radius 2 is 1.55 bits per heavy atom. The lowest BCUT2D eigenvalue weighted by molar-refractivity contribution is 0.270. The van der Waals surface area contributed by atoms with Crippen LogP contribution in [0.3, 0.4) is 0 Å². The maximum Gasteiger partial charge on any atom is 0.145 e. The topological polar surface area (TPSA) is 76.0 Å². The second-order valence-electron chi connectivity index (χ2n) is 7.14. The summed E-state index contributed by atoms with van der Waals surface area (Å²) in [6.45, 7) is 0.521. The fourth-order valence-corrected chi connectivity index (χ4v) is 3.91. The average molecular weight is 380 g/mol. The molecular weight excluding hydrogens is 360 g/mol. The van der Waals surface area contributed by atoms with E-state index in [9.17, 15) is 5.11 Å². The molecule has 0 bridgehead atoms. The summed E-state index contributed by atoms with van der Waals surface area (Å²) in [6.07, 6.45) is 0. The molecule has 1 aliphatic heterocycles. The Morgan fingerprint density at radius 1 is 0.897 bits per heavy atom. The molecule has 0 spiro atoms. The zero-order valence-electron chi connectivity index (χ0n) is 15.7. The lowest BCUT2D eigenvalue weighted by atomic mass is 10.0. The van der Waals surface area contributed by atoms with Crippen molar-refractivity contribution in [2.45, 2.75) is 12.6 Å². The minimum atomic E-state index is -0.424. The number of aromatic amines is 1. The molecule has 3 N–H and O–H groups in total. The van der Waals surface area contributed by atoms with Crippen LogP contribution in [0.4, 0.5) is 0 Å². The van der Waals surface area contributed by atoms with Crippen LogP contribution in [0, 0.1) is 5.41 Å². The lowest BCUT2D eigenvalue weighted by Crippen LogP contribution is -2.29. The van der Waals surface area contributed by atoms with E-state index >= 15 is 0 Å². The highest BCUT2D eigenvalue weighted by molar-refractivity contribution is 6.23. The molecule has 0 aliphatic carbocycles. The molecule has 5 rings (SSSR count). The van der Waals surface area contributed by atoms with Crippen LogP contribution < -0.4 is 0 Å². The van der Waals surface area contributed by atoms with Crippen molar-refractivity contribution in [3.8, 4) is 0 Å². The fourth-order valence-electron chi connectivity index (χ4n) is 3.91. The van der Waals surface area contributed by atoms with Crippen molar-refractivity contribution in [1.82, 2.24) is 14.9 Å². The first-order chi connectivity index (χ1) is 14.2. The number of hydrogen-bond donors (Lipinski definition) is 3. The third-order valence-corrected chi connectivity index (χ3v) is 5.29. The quantitative estimate of drug-likeness (QED) is 0.463. The van der Waals surface area contributed by atoms with E-state index in [0.717, 1.165) is 22.2 Å². The molecule has 0 radical (unpaired) electrons. The molecule has 1 aromatic heterocycles. The number of aliphatic hydroxyl groups excluding tert-OH is 1. The number of imidazole rings is 1. The number of fused-ring (bicyclic) bond motifs is 1. The number of aromatic nitrogens is 2. The van der Waals surface area contributed by atoms with Crippen LogP contribution in [-0.2, 0) is 6.54 Å². The first-order valence-electron chi connectivity index (χ1n) is 9.55. The molecule has 4 aromatic rings. The largest absolute Gasteiger partial charge is 0.509 e. The van der Waals surface area contributed by atoms with Gasteiger partial charge in [0.05, 0.1) is 16.6 Å². The number of hydrogen-bond acceptors (Lipinski definition) is 3. The van der Waals surface area contributed by atoms with E-state index in [1.54, 1.807) is 0 Å². The van der Waals surface area contributed by atoms with Gasteiger partial charge in [0.1, 0.15) is 23.5 Å². The minimum absolute atomic E-state index is 0.149. The molecule has 0 unspecified atom stereocenters. The smallest absolute Gasteiger partial charge is 0.145 e. The van der Waals surface area contributed by atoms with Crippen molar-refractivity contribution in [1.29, 1.82) is 5.41 Å². The van der Waals surface area contributed by atoms with Gasteiger partial charge in [-0.15, -0.1) is 0 Å². The van der Waals surface area contributed by atoms with E-state index in [-0.39, 0.29) is 11.6 Å². The maximum atomic E-state index is 11.2. The van der Waals surface area contributed by atoms with Crippen LogP contribution >= 0.6 is 0 Å². The van der Waals surface area contributed by atoms with E-state index in [4.69, 9.17) is 5.41 Å². The number of H-pyrrole nitrogens is 1. The van der Waals surface area contributed by atoms with E-state index in [1.807, 2.05) is 89.8 Å². The van der Waals surface area contributed by atoms with Crippen LogP contribution in [0.1, 0.15) is 23.0 Å². The Bertz CT molecular complexity index is 1180. The minimum Gasteiger partial charge on any atom is -0.509 e. The molecule has 0 saturated carbocycles. The summed E-state index contributed by atoms with van der Waals surface area (Å²) in [5.41, 5.74) is 4.17. The number of para-hydroxylation sites is 2. The summed E-state index contributed by atoms with van der Waals surface area (Å²) < 4.78 is 0. The molecule has 142 valence electrons. The SMILES string of the molecule is N=C1C(c2nc3ccccc3[nH]2)=C(O)[C@H](c2ccccc2)N1Cc1ccccc1. The molecule has 0 saturated heterocycles. The molecule has 3 aromatic carbocycles. The molecule has 29 heavy (non-hydrogen) atoms. The summed E-state index contributed by atoms with van der Waals surface area (Å²) in [7, 11) is 0. The van der Waals surface area contributed by atoms with Gasteiger partial charge < -0.3 is 15.0 Å². The number of benzene rings is 3. The van der Waals surface area contributed by atoms with Gasteiger partial charge in [-0.2, -0.15) is 0 Å². The van der Waals surface area contributed by atoms with Gasteiger partial charge in [0.15, 0.2) is 0 Å².